The van der Waals surface area contributed by atoms with Crippen molar-refractivity contribution in [3.05, 3.63) is 29.6 Å². The molecule has 0 radical (unpaired) electrons. The van der Waals surface area contributed by atoms with Crippen LogP contribution in [0.4, 0.5) is 5.82 Å². The second kappa shape index (κ2) is 6.16. The Morgan fingerprint density at radius 3 is 2.71 bits per heavy atom. The Bertz CT molecular complexity index is 703. The van der Waals surface area contributed by atoms with Gasteiger partial charge in [0.1, 0.15) is 5.82 Å². The van der Waals surface area contributed by atoms with Crippen LogP contribution in [0.5, 0.6) is 0 Å². The van der Waals surface area contributed by atoms with Crippen molar-refractivity contribution in [3.8, 4) is 5.82 Å². The van der Waals surface area contributed by atoms with Crippen LogP contribution in [0, 0.1) is 13.8 Å². The van der Waals surface area contributed by atoms with Crippen LogP contribution in [0.1, 0.15) is 49.9 Å². The number of hydrogen-bond donors (Lipinski definition) is 1. The molecule has 1 aliphatic carbocycles. The molecule has 2 aromatic rings. The van der Waals surface area contributed by atoms with Gasteiger partial charge in [0.15, 0.2) is 5.82 Å². The van der Waals surface area contributed by atoms with Crippen LogP contribution < -0.4 is 5.32 Å². The Morgan fingerprint density at radius 1 is 1.21 bits per heavy atom. The monoisotopic (exact) mass is 327 g/mol. The van der Waals surface area contributed by atoms with Crippen LogP contribution in [-0.2, 0) is 4.74 Å². The number of rotatable bonds is 3. The molecule has 2 fully saturated rings. The normalized spacial score (nSPS) is 22.8. The minimum Gasteiger partial charge on any atom is -0.375 e. The van der Waals surface area contributed by atoms with Gasteiger partial charge in [0, 0.05) is 18.3 Å². The number of anilines is 1. The lowest BCUT2D eigenvalue weighted by Gasteiger charge is -2.38. The van der Waals surface area contributed by atoms with E-state index in [1.165, 1.54) is 25.7 Å². The fourth-order valence-electron chi connectivity index (χ4n) is 4.10. The van der Waals surface area contributed by atoms with E-state index >= 15 is 0 Å². The van der Waals surface area contributed by atoms with Crippen molar-refractivity contribution in [1.82, 2.24) is 20.0 Å². The van der Waals surface area contributed by atoms with E-state index in [-0.39, 0.29) is 5.60 Å². The number of nitrogens with one attached hydrogen (secondary N) is 1. The standard InChI is InChI=1S/C18H25N5O/c1-13-11-14(2)23(22-13)17-6-5-16(20-21-17)19-15-7-10-24-18(12-15)8-3-4-9-18/h5-6,11,15H,3-4,7-10,12H2,1-2H3,(H,19,20)/t15-/m1/s1. The Labute approximate surface area is 142 Å². The highest BCUT2D eigenvalue weighted by Crippen LogP contribution is 2.40. The molecule has 1 saturated carbocycles. The van der Waals surface area contributed by atoms with Crippen molar-refractivity contribution in [2.45, 2.75) is 64.0 Å². The zero-order valence-electron chi connectivity index (χ0n) is 14.5. The van der Waals surface area contributed by atoms with E-state index in [0.29, 0.717) is 6.04 Å². The molecule has 3 heterocycles. The molecule has 0 amide bonds. The molecule has 6 nitrogen and oxygen atoms in total. The first kappa shape index (κ1) is 15.6. The van der Waals surface area contributed by atoms with Gasteiger partial charge in [-0.2, -0.15) is 5.10 Å². The van der Waals surface area contributed by atoms with Gasteiger partial charge in [-0.15, -0.1) is 10.2 Å². The van der Waals surface area contributed by atoms with Crippen LogP contribution >= 0.6 is 0 Å². The van der Waals surface area contributed by atoms with Crippen molar-refractivity contribution in [1.29, 1.82) is 0 Å². The van der Waals surface area contributed by atoms with E-state index in [1.54, 1.807) is 0 Å². The maximum absolute atomic E-state index is 6.10. The number of aryl methyl sites for hydroxylation is 2. The molecule has 24 heavy (non-hydrogen) atoms. The Morgan fingerprint density at radius 2 is 2.04 bits per heavy atom. The Hall–Kier alpha value is -1.95. The van der Waals surface area contributed by atoms with Crippen molar-refractivity contribution < 1.29 is 4.74 Å². The largest absolute Gasteiger partial charge is 0.375 e. The highest BCUT2D eigenvalue weighted by Gasteiger charge is 2.39. The zero-order chi connectivity index (χ0) is 16.6. The molecule has 2 aromatic heterocycles. The molecule has 1 N–H and O–H groups in total. The SMILES string of the molecule is Cc1cc(C)n(-c2ccc(N[C@@H]3CCOC4(CCCC4)C3)nn2)n1. The molecule has 1 spiro atoms. The van der Waals surface area contributed by atoms with Crippen LogP contribution in [0.25, 0.3) is 5.82 Å². The minimum atomic E-state index is 0.118. The van der Waals surface area contributed by atoms with Gasteiger partial charge in [-0.3, -0.25) is 0 Å². The summed E-state index contributed by atoms with van der Waals surface area (Å²) < 4.78 is 7.93. The average molecular weight is 327 g/mol. The quantitative estimate of drug-likeness (QED) is 0.938. The maximum atomic E-state index is 6.10. The molecule has 4 rings (SSSR count). The van der Waals surface area contributed by atoms with E-state index in [1.807, 2.05) is 36.7 Å². The summed E-state index contributed by atoms with van der Waals surface area (Å²) >= 11 is 0. The van der Waals surface area contributed by atoms with Crippen molar-refractivity contribution in [3.63, 3.8) is 0 Å². The highest BCUT2D eigenvalue weighted by atomic mass is 16.5. The second-order valence-electron chi connectivity index (χ2n) is 7.19. The summed E-state index contributed by atoms with van der Waals surface area (Å²) in [6.45, 7) is 4.85. The third-order valence-electron chi connectivity index (χ3n) is 5.24. The third kappa shape index (κ3) is 3.02. The molecule has 0 unspecified atom stereocenters. The highest BCUT2D eigenvalue weighted by molar-refractivity contribution is 5.38. The molecule has 1 atom stereocenters. The van der Waals surface area contributed by atoms with Gasteiger partial charge >= 0.3 is 0 Å². The van der Waals surface area contributed by atoms with Gasteiger partial charge in [0.2, 0.25) is 0 Å². The lowest BCUT2D eigenvalue weighted by molar-refractivity contribution is -0.0767. The van der Waals surface area contributed by atoms with E-state index < -0.39 is 0 Å². The molecule has 0 bridgehead atoms. The smallest absolute Gasteiger partial charge is 0.176 e. The van der Waals surface area contributed by atoms with Gasteiger partial charge in [0.25, 0.3) is 0 Å². The molecule has 1 aliphatic heterocycles. The van der Waals surface area contributed by atoms with Gasteiger partial charge in [-0.25, -0.2) is 4.68 Å². The summed E-state index contributed by atoms with van der Waals surface area (Å²) in [4.78, 5) is 0. The van der Waals surface area contributed by atoms with Crippen LogP contribution in [0.2, 0.25) is 0 Å². The number of ether oxygens (including phenoxy) is 1. The summed E-state index contributed by atoms with van der Waals surface area (Å²) in [5, 5.41) is 16.7. The molecular formula is C18H25N5O. The predicted octanol–water partition coefficient (Wildman–Crippen LogP) is 3.18. The van der Waals surface area contributed by atoms with Crippen molar-refractivity contribution in [2.75, 3.05) is 11.9 Å². The summed E-state index contributed by atoms with van der Waals surface area (Å²) in [5.41, 5.74) is 2.17. The summed E-state index contributed by atoms with van der Waals surface area (Å²) in [5.74, 6) is 1.59. The Balaban J connectivity index is 1.44. The van der Waals surface area contributed by atoms with Gasteiger partial charge < -0.3 is 10.1 Å². The zero-order valence-corrected chi connectivity index (χ0v) is 14.5. The lowest BCUT2D eigenvalue weighted by atomic mass is 9.89. The van der Waals surface area contributed by atoms with Gasteiger partial charge in [-0.05, 0) is 57.7 Å². The summed E-state index contributed by atoms with van der Waals surface area (Å²) in [6.07, 6.45) is 7.10. The molecule has 128 valence electrons. The predicted molar refractivity (Wildman–Crippen MR) is 92.4 cm³/mol. The van der Waals surface area contributed by atoms with Crippen LogP contribution in [-0.4, -0.2) is 38.2 Å². The molecule has 0 aromatic carbocycles. The lowest BCUT2D eigenvalue weighted by Crippen LogP contribution is -2.42. The first-order valence-electron chi connectivity index (χ1n) is 8.91. The topological polar surface area (TPSA) is 64.9 Å². The van der Waals surface area contributed by atoms with E-state index in [4.69, 9.17) is 4.74 Å². The van der Waals surface area contributed by atoms with Gasteiger partial charge in [0.05, 0.1) is 11.3 Å². The molecule has 6 heteroatoms. The van der Waals surface area contributed by atoms with E-state index in [2.05, 4.69) is 20.6 Å². The molecule has 2 aliphatic rings. The van der Waals surface area contributed by atoms with Crippen LogP contribution in [0.3, 0.4) is 0 Å². The number of aromatic nitrogens is 4. The minimum absolute atomic E-state index is 0.118. The Kier molecular flexibility index (Phi) is 4.00. The first-order chi connectivity index (χ1) is 11.6. The van der Waals surface area contributed by atoms with Crippen molar-refractivity contribution >= 4 is 5.82 Å². The maximum Gasteiger partial charge on any atom is 0.176 e. The van der Waals surface area contributed by atoms with E-state index in [0.717, 1.165) is 42.5 Å². The van der Waals surface area contributed by atoms with Crippen molar-refractivity contribution in [2.24, 2.45) is 0 Å². The third-order valence-corrected chi connectivity index (χ3v) is 5.24. The van der Waals surface area contributed by atoms with Crippen LogP contribution in [0.15, 0.2) is 18.2 Å². The summed E-state index contributed by atoms with van der Waals surface area (Å²) in [7, 11) is 0. The summed E-state index contributed by atoms with van der Waals surface area (Å²) in [6, 6.07) is 6.43. The second-order valence-corrected chi connectivity index (χ2v) is 7.19. The number of hydrogen-bond acceptors (Lipinski definition) is 5. The average Bonchev–Trinajstić information content (AvgIpc) is 3.15. The number of nitrogens with zero attached hydrogens (tertiary/aromatic N) is 4. The molecular weight excluding hydrogens is 302 g/mol. The first-order valence-corrected chi connectivity index (χ1v) is 8.91. The fraction of sp³-hybridized carbons (Fsp3) is 0.611. The fourth-order valence-corrected chi connectivity index (χ4v) is 4.10. The van der Waals surface area contributed by atoms with Gasteiger partial charge in [-0.1, -0.05) is 12.8 Å². The molecule has 1 saturated heterocycles. The van der Waals surface area contributed by atoms with E-state index in [9.17, 15) is 0 Å².